The Balaban J connectivity index is 1.99. The van der Waals surface area contributed by atoms with E-state index in [4.69, 9.17) is 0 Å². The average Bonchev–Trinajstić information content (AvgIpc) is 2.62. The molecule has 130 valence electrons. The van der Waals surface area contributed by atoms with Crippen LogP contribution >= 0.6 is 0 Å². The number of hydrogen-bond acceptors (Lipinski definition) is 4. The van der Waals surface area contributed by atoms with Crippen LogP contribution in [0.4, 0.5) is 5.69 Å². The average molecular weight is 336 g/mol. The summed E-state index contributed by atoms with van der Waals surface area (Å²) in [4.78, 5) is 23.1. The first kappa shape index (κ1) is 18.7. The molecule has 0 radical (unpaired) electrons. The summed E-state index contributed by atoms with van der Waals surface area (Å²) in [5.41, 5.74) is 3.75. The lowest BCUT2D eigenvalue weighted by molar-refractivity contribution is -0.118. The summed E-state index contributed by atoms with van der Waals surface area (Å²) < 4.78 is 0. The van der Waals surface area contributed by atoms with Crippen molar-refractivity contribution in [3.05, 3.63) is 65.2 Å². The molecule has 2 rings (SSSR count). The van der Waals surface area contributed by atoms with E-state index in [0.717, 1.165) is 22.4 Å². The van der Waals surface area contributed by atoms with Crippen molar-refractivity contribution in [2.75, 3.05) is 0 Å². The highest BCUT2D eigenvalue weighted by molar-refractivity contribution is 5.81. The minimum atomic E-state index is 0.215. The van der Waals surface area contributed by atoms with E-state index in [-0.39, 0.29) is 11.6 Å². The van der Waals surface area contributed by atoms with Crippen molar-refractivity contribution < 1.29 is 9.59 Å². The fourth-order valence-electron chi connectivity index (χ4n) is 2.47. The van der Waals surface area contributed by atoms with Gasteiger partial charge < -0.3 is 0 Å². The third kappa shape index (κ3) is 6.42. The molecule has 0 aliphatic rings. The number of azo groups is 1. The zero-order chi connectivity index (χ0) is 18.1. The molecule has 4 heteroatoms. The fraction of sp³-hybridized carbons (Fsp3) is 0.333. The van der Waals surface area contributed by atoms with Crippen LogP contribution < -0.4 is 0 Å². The Morgan fingerprint density at radius 2 is 1.36 bits per heavy atom. The smallest absolute Gasteiger partial charge is 0.136 e. The van der Waals surface area contributed by atoms with Gasteiger partial charge in [-0.15, -0.1) is 0 Å². The van der Waals surface area contributed by atoms with Crippen molar-refractivity contribution in [2.24, 2.45) is 10.2 Å². The van der Waals surface area contributed by atoms with Gasteiger partial charge in [0, 0.05) is 25.7 Å². The molecule has 0 saturated carbocycles. The van der Waals surface area contributed by atoms with Crippen molar-refractivity contribution >= 4 is 17.3 Å². The van der Waals surface area contributed by atoms with Crippen LogP contribution in [0.3, 0.4) is 0 Å². The van der Waals surface area contributed by atoms with Crippen LogP contribution in [0.2, 0.25) is 0 Å². The van der Waals surface area contributed by atoms with Crippen LogP contribution in [-0.4, -0.2) is 11.6 Å². The van der Waals surface area contributed by atoms with Gasteiger partial charge in [0.05, 0.1) is 12.2 Å². The van der Waals surface area contributed by atoms with Gasteiger partial charge in [-0.05, 0) is 28.8 Å². The molecule has 0 aliphatic heterocycles. The SMILES string of the molecule is CCC(=O)Cc1cccc(CN=Nc2cccc(CC(=O)CC)c2)c1. The lowest BCUT2D eigenvalue weighted by Gasteiger charge is -2.02. The topological polar surface area (TPSA) is 58.9 Å². The number of carbonyl (C=O) groups is 2. The summed E-state index contributed by atoms with van der Waals surface area (Å²) in [6.07, 6.45) is 2.01. The second-order valence-corrected chi connectivity index (χ2v) is 6.03. The summed E-state index contributed by atoms with van der Waals surface area (Å²) >= 11 is 0. The summed E-state index contributed by atoms with van der Waals surface area (Å²) in [6.45, 7) is 4.21. The number of Topliss-reactive ketones (excluding diaryl/α,β-unsaturated/α-hetero) is 2. The minimum Gasteiger partial charge on any atom is -0.299 e. The summed E-state index contributed by atoms with van der Waals surface area (Å²) in [7, 11) is 0. The zero-order valence-corrected chi connectivity index (χ0v) is 14.9. The molecule has 0 aliphatic carbocycles. The van der Waals surface area contributed by atoms with Gasteiger partial charge in [0.15, 0.2) is 0 Å². The molecule has 0 fully saturated rings. The highest BCUT2D eigenvalue weighted by Crippen LogP contribution is 2.17. The molecule has 25 heavy (non-hydrogen) atoms. The highest BCUT2D eigenvalue weighted by Gasteiger charge is 2.03. The van der Waals surface area contributed by atoms with E-state index >= 15 is 0 Å². The molecular formula is C21H24N2O2. The Bertz CT molecular complexity index is 766. The van der Waals surface area contributed by atoms with E-state index in [0.29, 0.717) is 32.2 Å². The van der Waals surface area contributed by atoms with Gasteiger partial charge in [0.2, 0.25) is 0 Å². The maximum absolute atomic E-state index is 11.6. The standard InChI is InChI=1S/C21H24N2O2/c1-3-20(24)13-16-7-5-9-18(11-16)15-22-23-19-10-6-8-17(12-19)14-21(25)4-2/h5-12H,3-4,13-15H2,1-2H3. The molecule has 0 amide bonds. The van der Waals surface area contributed by atoms with Gasteiger partial charge in [-0.25, -0.2) is 0 Å². The Morgan fingerprint density at radius 1 is 0.800 bits per heavy atom. The van der Waals surface area contributed by atoms with Crippen molar-refractivity contribution in [3.8, 4) is 0 Å². The van der Waals surface area contributed by atoms with E-state index in [1.807, 2.05) is 62.4 Å². The van der Waals surface area contributed by atoms with Gasteiger partial charge in [-0.2, -0.15) is 10.2 Å². The van der Waals surface area contributed by atoms with Crippen molar-refractivity contribution in [1.82, 2.24) is 0 Å². The number of carbonyl (C=O) groups excluding carboxylic acids is 2. The monoisotopic (exact) mass is 336 g/mol. The second-order valence-electron chi connectivity index (χ2n) is 6.03. The number of hydrogen-bond donors (Lipinski definition) is 0. The predicted octanol–water partition coefficient (Wildman–Crippen LogP) is 5.01. The molecule has 4 nitrogen and oxygen atoms in total. The van der Waals surface area contributed by atoms with Crippen LogP contribution in [0, 0.1) is 0 Å². The van der Waals surface area contributed by atoms with Crippen LogP contribution in [0.25, 0.3) is 0 Å². The second kappa shape index (κ2) is 9.62. The number of rotatable bonds is 9. The Labute approximate surface area is 149 Å². The molecule has 0 heterocycles. The number of benzene rings is 2. The van der Waals surface area contributed by atoms with Crippen molar-refractivity contribution in [2.45, 2.75) is 46.1 Å². The molecule has 0 atom stereocenters. The molecule has 0 aromatic heterocycles. The number of nitrogens with zero attached hydrogens (tertiary/aromatic N) is 2. The first-order valence-electron chi connectivity index (χ1n) is 8.68. The van der Waals surface area contributed by atoms with Crippen LogP contribution in [-0.2, 0) is 29.0 Å². The third-order valence-corrected chi connectivity index (χ3v) is 3.93. The van der Waals surface area contributed by atoms with Crippen LogP contribution in [0.1, 0.15) is 43.4 Å². The molecule has 2 aromatic carbocycles. The van der Waals surface area contributed by atoms with E-state index in [9.17, 15) is 9.59 Å². The van der Waals surface area contributed by atoms with Gasteiger partial charge in [-0.1, -0.05) is 50.2 Å². The summed E-state index contributed by atoms with van der Waals surface area (Å²) in [5.74, 6) is 0.449. The minimum absolute atomic E-state index is 0.215. The van der Waals surface area contributed by atoms with Crippen molar-refractivity contribution in [3.63, 3.8) is 0 Å². The normalized spacial score (nSPS) is 11.0. The summed E-state index contributed by atoms with van der Waals surface area (Å²) in [6, 6.07) is 15.5. The Hall–Kier alpha value is -2.62. The van der Waals surface area contributed by atoms with Gasteiger partial charge >= 0.3 is 0 Å². The fourth-order valence-corrected chi connectivity index (χ4v) is 2.47. The molecular weight excluding hydrogens is 312 g/mol. The molecule has 2 aromatic rings. The van der Waals surface area contributed by atoms with E-state index in [1.165, 1.54) is 0 Å². The summed E-state index contributed by atoms with van der Waals surface area (Å²) in [5, 5.41) is 8.50. The maximum atomic E-state index is 11.6. The molecule has 0 spiro atoms. The Kier molecular flexibility index (Phi) is 7.20. The van der Waals surface area contributed by atoms with Gasteiger partial charge in [-0.3, -0.25) is 9.59 Å². The molecule has 0 N–H and O–H groups in total. The number of ketones is 2. The zero-order valence-electron chi connectivity index (χ0n) is 14.9. The quantitative estimate of drug-likeness (QED) is 0.604. The van der Waals surface area contributed by atoms with Crippen molar-refractivity contribution in [1.29, 1.82) is 0 Å². The lowest BCUT2D eigenvalue weighted by atomic mass is 10.0. The van der Waals surface area contributed by atoms with Gasteiger partial charge in [0.25, 0.3) is 0 Å². The third-order valence-electron chi connectivity index (χ3n) is 3.93. The van der Waals surface area contributed by atoms with Crippen LogP contribution in [0.15, 0.2) is 58.8 Å². The maximum Gasteiger partial charge on any atom is 0.136 e. The first-order valence-corrected chi connectivity index (χ1v) is 8.68. The first-order chi connectivity index (χ1) is 12.1. The Morgan fingerprint density at radius 3 is 2.00 bits per heavy atom. The van der Waals surface area contributed by atoms with E-state index < -0.39 is 0 Å². The van der Waals surface area contributed by atoms with Crippen LogP contribution in [0.5, 0.6) is 0 Å². The van der Waals surface area contributed by atoms with Gasteiger partial charge in [0.1, 0.15) is 11.6 Å². The highest BCUT2D eigenvalue weighted by atomic mass is 16.1. The largest absolute Gasteiger partial charge is 0.299 e. The van der Waals surface area contributed by atoms with E-state index in [2.05, 4.69) is 10.2 Å². The molecule has 0 saturated heterocycles. The molecule has 0 unspecified atom stereocenters. The molecule has 0 bridgehead atoms. The predicted molar refractivity (Wildman–Crippen MR) is 99.1 cm³/mol. The van der Waals surface area contributed by atoms with E-state index in [1.54, 1.807) is 0 Å². The lowest BCUT2D eigenvalue weighted by Crippen LogP contribution is -2.00.